The van der Waals surface area contributed by atoms with Crippen LogP contribution < -0.4 is 10.2 Å². The van der Waals surface area contributed by atoms with Crippen molar-refractivity contribution in [1.29, 1.82) is 0 Å². The van der Waals surface area contributed by atoms with Gasteiger partial charge in [0.05, 0.1) is 0 Å². The molecule has 2 aromatic carbocycles. The first-order valence-corrected chi connectivity index (χ1v) is 12.9. The van der Waals surface area contributed by atoms with E-state index in [2.05, 4.69) is 25.7 Å². The van der Waals surface area contributed by atoms with Crippen molar-refractivity contribution in [2.75, 3.05) is 4.90 Å². The molecule has 1 N–H and O–H groups in total. The Labute approximate surface area is 221 Å². The van der Waals surface area contributed by atoms with Gasteiger partial charge < -0.3 is 5.32 Å². The molecule has 1 saturated carbocycles. The molecule has 1 fully saturated rings. The van der Waals surface area contributed by atoms with Gasteiger partial charge >= 0.3 is 0 Å². The number of hydrogen-bond acceptors (Lipinski definition) is 6. The lowest BCUT2D eigenvalue weighted by molar-refractivity contribution is -0.127. The van der Waals surface area contributed by atoms with Gasteiger partial charge in [-0.25, -0.2) is 0 Å². The van der Waals surface area contributed by atoms with E-state index in [4.69, 9.17) is 0 Å². The lowest BCUT2D eigenvalue weighted by Crippen LogP contribution is -2.47. The van der Waals surface area contributed by atoms with Crippen molar-refractivity contribution in [2.24, 2.45) is 0 Å². The summed E-state index contributed by atoms with van der Waals surface area (Å²) in [5.41, 5.74) is 4.29. The smallest absolute Gasteiger partial charge is 0.251 e. The van der Waals surface area contributed by atoms with Gasteiger partial charge in [-0.05, 0) is 61.7 Å². The van der Waals surface area contributed by atoms with Crippen LogP contribution in [-0.4, -0.2) is 43.0 Å². The number of carbonyl (C=O) groups excluding carboxylic acids is 2. The number of pyridine rings is 1. The third-order valence-corrected chi connectivity index (χ3v) is 6.85. The van der Waals surface area contributed by atoms with Crippen LogP contribution in [0.2, 0.25) is 0 Å². The SMILES string of the molecule is Cc1ccc(-c2nnn(CC(=O)N(c3ccc(C)cc3)[C@@H](C(=O)NC3CCCC3)c3ccncc3)n2)cc1. The van der Waals surface area contributed by atoms with E-state index >= 15 is 0 Å². The van der Waals surface area contributed by atoms with Gasteiger partial charge in [0.1, 0.15) is 12.6 Å². The number of rotatable bonds is 8. The van der Waals surface area contributed by atoms with Crippen molar-refractivity contribution >= 4 is 17.5 Å². The van der Waals surface area contributed by atoms with E-state index in [1.54, 1.807) is 24.5 Å². The fourth-order valence-corrected chi connectivity index (χ4v) is 4.78. The molecule has 2 aromatic heterocycles. The molecule has 1 atom stereocenters. The Balaban J connectivity index is 1.48. The van der Waals surface area contributed by atoms with E-state index in [0.29, 0.717) is 17.1 Å². The Morgan fingerprint density at radius 3 is 2.24 bits per heavy atom. The second kappa shape index (κ2) is 11.3. The molecule has 0 spiro atoms. The Morgan fingerprint density at radius 2 is 1.58 bits per heavy atom. The van der Waals surface area contributed by atoms with Crippen LogP contribution in [0.25, 0.3) is 11.4 Å². The molecule has 1 aliphatic rings. The van der Waals surface area contributed by atoms with E-state index in [9.17, 15) is 9.59 Å². The van der Waals surface area contributed by atoms with E-state index < -0.39 is 6.04 Å². The first-order valence-electron chi connectivity index (χ1n) is 12.9. The number of nitrogens with zero attached hydrogens (tertiary/aromatic N) is 6. The second-order valence-corrected chi connectivity index (χ2v) is 9.78. The van der Waals surface area contributed by atoms with E-state index in [1.807, 2.05) is 62.4 Å². The number of tetrazole rings is 1. The Kier molecular flexibility index (Phi) is 7.53. The fourth-order valence-electron chi connectivity index (χ4n) is 4.78. The zero-order valence-corrected chi connectivity index (χ0v) is 21.6. The summed E-state index contributed by atoms with van der Waals surface area (Å²) in [6, 6.07) is 18.1. The molecular formula is C29H31N7O2. The highest BCUT2D eigenvalue weighted by Crippen LogP contribution is 2.29. The highest BCUT2D eigenvalue weighted by molar-refractivity contribution is 6.01. The summed E-state index contributed by atoms with van der Waals surface area (Å²) < 4.78 is 0. The zero-order valence-electron chi connectivity index (χ0n) is 21.6. The molecule has 5 rings (SSSR count). The Hall–Kier alpha value is -4.40. The summed E-state index contributed by atoms with van der Waals surface area (Å²) in [7, 11) is 0. The van der Waals surface area contributed by atoms with Gasteiger partial charge in [-0.2, -0.15) is 4.80 Å². The first-order chi connectivity index (χ1) is 18.5. The predicted molar refractivity (Wildman–Crippen MR) is 144 cm³/mol. The number of nitrogens with one attached hydrogen (secondary N) is 1. The number of aromatic nitrogens is 5. The average molecular weight is 510 g/mol. The normalized spacial score (nSPS) is 14.3. The minimum absolute atomic E-state index is 0.107. The van der Waals surface area contributed by atoms with Crippen LogP contribution in [0, 0.1) is 13.8 Å². The summed E-state index contributed by atoms with van der Waals surface area (Å²) >= 11 is 0. The van der Waals surface area contributed by atoms with Gasteiger partial charge in [-0.1, -0.05) is 60.4 Å². The van der Waals surface area contributed by atoms with Crippen LogP contribution in [0.3, 0.4) is 0 Å². The summed E-state index contributed by atoms with van der Waals surface area (Å²) in [6.07, 6.45) is 7.33. The topological polar surface area (TPSA) is 106 Å². The van der Waals surface area contributed by atoms with Crippen molar-refractivity contribution in [3.8, 4) is 11.4 Å². The minimum Gasteiger partial charge on any atom is -0.351 e. The van der Waals surface area contributed by atoms with E-state index in [0.717, 1.165) is 42.4 Å². The van der Waals surface area contributed by atoms with Crippen molar-refractivity contribution in [3.63, 3.8) is 0 Å². The van der Waals surface area contributed by atoms with Gasteiger partial charge in [-0.3, -0.25) is 19.5 Å². The maximum absolute atomic E-state index is 13.9. The van der Waals surface area contributed by atoms with E-state index in [-0.39, 0.29) is 24.4 Å². The highest BCUT2D eigenvalue weighted by atomic mass is 16.2. The van der Waals surface area contributed by atoms with Crippen LogP contribution in [0.5, 0.6) is 0 Å². The average Bonchev–Trinajstić information content (AvgIpc) is 3.61. The van der Waals surface area contributed by atoms with E-state index in [1.165, 1.54) is 9.70 Å². The van der Waals surface area contributed by atoms with Crippen LogP contribution >= 0.6 is 0 Å². The molecule has 0 saturated heterocycles. The maximum Gasteiger partial charge on any atom is 0.251 e. The van der Waals surface area contributed by atoms with Crippen molar-refractivity contribution in [3.05, 3.63) is 89.7 Å². The Bertz CT molecular complexity index is 1380. The molecule has 9 nitrogen and oxygen atoms in total. The molecule has 0 aliphatic heterocycles. The van der Waals surface area contributed by atoms with Crippen molar-refractivity contribution in [2.45, 2.75) is 58.2 Å². The predicted octanol–water partition coefficient (Wildman–Crippen LogP) is 4.19. The summed E-state index contributed by atoms with van der Waals surface area (Å²) in [5, 5.41) is 15.9. The molecule has 1 aliphatic carbocycles. The number of anilines is 1. The van der Waals surface area contributed by atoms with Gasteiger partial charge in [0.2, 0.25) is 11.7 Å². The lowest BCUT2D eigenvalue weighted by Gasteiger charge is -2.32. The van der Waals surface area contributed by atoms with Gasteiger partial charge in [-0.15, -0.1) is 10.2 Å². The quantitative estimate of drug-likeness (QED) is 0.382. The zero-order chi connectivity index (χ0) is 26.5. The van der Waals surface area contributed by atoms with Crippen LogP contribution in [0.4, 0.5) is 5.69 Å². The summed E-state index contributed by atoms with van der Waals surface area (Å²) in [5.74, 6) is -0.113. The molecule has 194 valence electrons. The minimum atomic E-state index is -0.881. The van der Waals surface area contributed by atoms with Crippen molar-refractivity contribution in [1.82, 2.24) is 30.5 Å². The van der Waals surface area contributed by atoms with Gasteiger partial charge in [0, 0.05) is 29.7 Å². The monoisotopic (exact) mass is 509 g/mol. The molecule has 0 radical (unpaired) electrons. The summed E-state index contributed by atoms with van der Waals surface area (Å²) in [6.45, 7) is 3.81. The molecule has 2 amide bonds. The fraction of sp³-hybridized carbons (Fsp3) is 0.310. The standard InChI is InChI=1S/C29H31N7O2/c1-20-7-11-23(12-8-20)28-32-34-35(33-28)19-26(37)36(25-13-9-21(2)10-14-25)27(22-15-17-30-18-16-22)29(38)31-24-5-3-4-6-24/h7-18,24,27H,3-6,19H2,1-2H3,(H,31,38)/t27-/m1/s1. The molecule has 2 heterocycles. The second-order valence-electron chi connectivity index (χ2n) is 9.78. The molecule has 0 bridgehead atoms. The molecule has 0 unspecified atom stereocenters. The highest BCUT2D eigenvalue weighted by Gasteiger charge is 2.34. The largest absolute Gasteiger partial charge is 0.351 e. The number of benzene rings is 2. The lowest BCUT2D eigenvalue weighted by atomic mass is 10.0. The van der Waals surface area contributed by atoms with Crippen LogP contribution in [0.1, 0.15) is 48.4 Å². The molecule has 38 heavy (non-hydrogen) atoms. The number of carbonyl (C=O) groups is 2. The summed E-state index contributed by atoms with van der Waals surface area (Å²) in [4.78, 5) is 34.7. The Morgan fingerprint density at radius 1 is 0.947 bits per heavy atom. The number of amides is 2. The molecular weight excluding hydrogens is 478 g/mol. The first kappa shape index (κ1) is 25.3. The third-order valence-electron chi connectivity index (χ3n) is 6.85. The van der Waals surface area contributed by atoms with Crippen LogP contribution in [-0.2, 0) is 16.1 Å². The van der Waals surface area contributed by atoms with Crippen LogP contribution in [0.15, 0.2) is 73.1 Å². The number of aryl methyl sites for hydroxylation is 2. The van der Waals surface area contributed by atoms with Crippen molar-refractivity contribution < 1.29 is 9.59 Å². The molecule has 4 aromatic rings. The van der Waals surface area contributed by atoms with Gasteiger partial charge in [0.15, 0.2) is 0 Å². The maximum atomic E-state index is 13.9. The third kappa shape index (κ3) is 5.77. The number of hydrogen-bond donors (Lipinski definition) is 1. The molecule has 9 heteroatoms. The van der Waals surface area contributed by atoms with Gasteiger partial charge in [0.25, 0.3) is 5.91 Å².